The maximum absolute atomic E-state index is 11.9. The molecule has 2 aliphatic heterocycles. The van der Waals surface area contributed by atoms with Gasteiger partial charge in [-0.1, -0.05) is 53.5 Å². The number of benzene rings is 2. The lowest BCUT2D eigenvalue weighted by molar-refractivity contribution is 0.0353. The van der Waals surface area contributed by atoms with Crippen LogP contribution in [0.25, 0.3) is 0 Å². The lowest BCUT2D eigenvalue weighted by Gasteiger charge is -2.34. The smallest absolute Gasteiger partial charge is 0.339 e. The largest absolute Gasteiger partial charge is 0.772 e. The van der Waals surface area contributed by atoms with E-state index in [4.69, 9.17) is 4.74 Å². The highest BCUT2D eigenvalue weighted by molar-refractivity contribution is 7.78. The molecule has 0 aliphatic carbocycles. The fourth-order valence-electron chi connectivity index (χ4n) is 4.24. The minimum atomic E-state index is -2.04. The van der Waals surface area contributed by atoms with Gasteiger partial charge in [0.05, 0.1) is 5.56 Å². The Morgan fingerprint density at radius 2 is 1.63 bits per heavy atom. The van der Waals surface area contributed by atoms with E-state index in [0.29, 0.717) is 5.56 Å². The molecule has 0 bridgehead atoms. The van der Waals surface area contributed by atoms with Crippen molar-refractivity contribution in [1.82, 2.24) is 9.80 Å². The minimum absolute atomic E-state index is 0.0740. The standard InChI is InChI=1S/C23H28N2O4S/c26-23-21-5-2-1-4-20(21)22(29-23)6-3-11-24-12-14-25(15-13-24)16-18-7-9-19(10-8-18)17-30(27)28/h1-2,4-5,7-10,22H,3,6,11-17H2,(H,27,28)/p-1. The van der Waals surface area contributed by atoms with Crippen LogP contribution in [0.5, 0.6) is 0 Å². The molecule has 2 heterocycles. The van der Waals surface area contributed by atoms with Crippen molar-refractivity contribution < 1.29 is 18.3 Å². The van der Waals surface area contributed by atoms with E-state index in [1.165, 1.54) is 5.56 Å². The van der Waals surface area contributed by atoms with Crippen LogP contribution in [0.2, 0.25) is 0 Å². The number of ether oxygens (including phenoxy) is 1. The van der Waals surface area contributed by atoms with Crippen LogP contribution in [0.1, 0.15) is 46.0 Å². The number of cyclic esters (lactones) is 1. The highest BCUT2D eigenvalue weighted by atomic mass is 32.2. The highest BCUT2D eigenvalue weighted by Gasteiger charge is 2.30. The van der Waals surface area contributed by atoms with Crippen LogP contribution in [-0.4, -0.2) is 57.3 Å². The van der Waals surface area contributed by atoms with Crippen LogP contribution < -0.4 is 0 Å². The predicted molar refractivity (Wildman–Crippen MR) is 115 cm³/mol. The maximum Gasteiger partial charge on any atom is 0.339 e. The number of nitrogens with zero attached hydrogens (tertiary/aromatic N) is 2. The van der Waals surface area contributed by atoms with Crippen LogP contribution in [0.15, 0.2) is 48.5 Å². The van der Waals surface area contributed by atoms with Gasteiger partial charge in [0.1, 0.15) is 6.10 Å². The third kappa shape index (κ3) is 5.35. The van der Waals surface area contributed by atoms with E-state index < -0.39 is 11.1 Å². The van der Waals surface area contributed by atoms with Crippen LogP contribution in [-0.2, 0) is 28.1 Å². The van der Waals surface area contributed by atoms with Gasteiger partial charge in [-0.2, -0.15) is 0 Å². The van der Waals surface area contributed by atoms with Crippen molar-refractivity contribution in [3.8, 4) is 0 Å². The average Bonchev–Trinajstić information content (AvgIpc) is 3.06. The summed E-state index contributed by atoms with van der Waals surface area (Å²) >= 11 is -2.04. The zero-order valence-electron chi connectivity index (χ0n) is 17.0. The summed E-state index contributed by atoms with van der Waals surface area (Å²) in [6, 6.07) is 15.5. The molecule has 0 amide bonds. The summed E-state index contributed by atoms with van der Waals surface area (Å²) in [4.78, 5) is 16.8. The first kappa shape index (κ1) is 21.2. The first-order chi connectivity index (χ1) is 14.6. The predicted octanol–water partition coefficient (Wildman–Crippen LogP) is 2.88. The quantitative estimate of drug-likeness (QED) is 0.477. The Bertz CT molecular complexity index is 894. The van der Waals surface area contributed by atoms with Crippen molar-refractivity contribution in [2.24, 2.45) is 0 Å². The molecule has 2 aromatic rings. The van der Waals surface area contributed by atoms with E-state index >= 15 is 0 Å². The molecule has 2 aliphatic rings. The summed E-state index contributed by atoms with van der Waals surface area (Å²) in [6.07, 6.45) is 1.77. The summed E-state index contributed by atoms with van der Waals surface area (Å²) in [7, 11) is 0. The lowest BCUT2D eigenvalue weighted by Crippen LogP contribution is -2.46. The molecule has 0 saturated carbocycles. The van der Waals surface area contributed by atoms with Gasteiger partial charge in [-0.05, 0) is 36.6 Å². The van der Waals surface area contributed by atoms with E-state index in [2.05, 4.69) is 9.80 Å². The van der Waals surface area contributed by atoms with E-state index in [0.717, 1.165) is 63.2 Å². The fraction of sp³-hybridized carbons (Fsp3) is 0.435. The summed E-state index contributed by atoms with van der Waals surface area (Å²) in [5.74, 6) is -0.122. The van der Waals surface area contributed by atoms with E-state index in [-0.39, 0.29) is 17.8 Å². The van der Waals surface area contributed by atoms with Gasteiger partial charge in [0.15, 0.2) is 0 Å². The summed E-state index contributed by atoms with van der Waals surface area (Å²) in [5, 5.41) is 0. The Morgan fingerprint density at radius 1 is 0.967 bits per heavy atom. The van der Waals surface area contributed by atoms with Crippen molar-refractivity contribution in [2.45, 2.75) is 31.2 Å². The van der Waals surface area contributed by atoms with Crippen LogP contribution in [0.3, 0.4) is 0 Å². The molecule has 0 N–H and O–H groups in total. The zero-order valence-corrected chi connectivity index (χ0v) is 17.8. The number of fused-ring (bicyclic) bond motifs is 1. The van der Waals surface area contributed by atoms with Crippen LogP contribution in [0, 0.1) is 0 Å². The SMILES string of the molecule is O=C1OC(CCCN2CCN(Cc3ccc(CS(=O)[O-])cc3)CC2)c2ccccc21. The molecular weight excluding hydrogens is 400 g/mol. The second kappa shape index (κ2) is 9.83. The van der Waals surface area contributed by atoms with Crippen LogP contribution >= 0.6 is 0 Å². The monoisotopic (exact) mass is 427 g/mol. The summed E-state index contributed by atoms with van der Waals surface area (Å²) < 4.78 is 27.1. The van der Waals surface area contributed by atoms with E-state index in [1.807, 2.05) is 48.5 Å². The topological polar surface area (TPSA) is 72.9 Å². The number of hydrogen-bond acceptors (Lipinski definition) is 6. The van der Waals surface area contributed by atoms with E-state index in [1.54, 1.807) is 0 Å². The van der Waals surface area contributed by atoms with Gasteiger partial charge in [-0.25, -0.2) is 4.79 Å². The molecule has 1 saturated heterocycles. The Hall–Kier alpha value is -2.06. The Morgan fingerprint density at radius 3 is 2.37 bits per heavy atom. The second-order valence-corrected chi connectivity index (χ2v) is 8.90. The molecule has 4 rings (SSSR count). The van der Waals surface area contributed by atoms with Gasteiger partial charge >= 0.3 is 5.97 Å². The Balaban J connectivity index is 1.17. The molecule has 30 heavy (non-hydrogen) atoms. The van der Waals surface area contributed by atoms with E-state index in [9.17, 15) is 13.6 Å². The first-order valence-electron chi connectivity index (χ1n) is 10.5. The van der Waals surface area contributed by atoms with Crippen molar-refractivity contribution in [2.75, 3.05) is 32.7 Å². The number of piperazine rings is 1. The highest BCUT2D eigenvalue weighted by Crippen LogP contribution is 2.33. The molecule has 2 aromatic carbocycles. The fourth-order valence-corrected chi connectivity index (χ4v) is 4.71. The van der Waals surface area contributed by atoms with Crippen molar-refractivity contribution in [1.29, 1.82) is 0 Å². The summed E-state index contributed by atoms with van der Waals surface area (Å²) in [5.41, 5.74) is 3.78. The van der Waals surface area contributed by atoms with Gasteiger partial charge in [0, 0.05) is 44.0 Å². The molecule has 0 aromatic heterocycles. The van der Waals surface area contributed by atoms with Crippen molar-refractivity contribution >= 4 is 17.0 Å². The zero-order chi connectivity index (χ0) is 20.9. The summed E-state index contributed by atoms with van der Waals surface area (Å²) in [6.45, 7) is 6.03. The number of esters is 1. The molecule has 1 fully saturated rings. The number of rotatable bonds is 8. The molecule has 7 heteroatoms. The van der Waals surface area contributed by atoms with Crippen molar-refractivity contribution in [3.63, 3.8) is 0 Å². The molecule has 160 valence electrons. The maximum atomic E-state index is 11.9. The van der Waals surface area contributed by atoms with Gasteiger partial charge in [0.25, 0.3) is 0 Å². The first-order valence-corrected chi connectivity index (χ1v) is 11.7. The number of carbonyl (C=O) groups excluding carboxylic acids is 1. The minimum Gasteiger partial charge on any atom is -0.772 e. The molecule has 2 atom stereocenters. The third-order valence-corrected chi connectivity index (χ3v) is 6.47. The normalized spacial score (nSPS) is 20.7. The van der Waals surface area contributed by atoms with Gasteiger partial charge in [-0.3, -0.25) is 9.11 Å². The van der Waals surface area contributed by atoms with Gasteiger partial charge in [0.2, 0.25) is 0 Å². The molecular formula is C23H27N2O4S-. The molecule has 6 nitrogen and oxygen atoms in total. The molecule has 0 radical (unpaired) electrons. The molecule has 2 unspecified atom stereocenters. The number of hydrogen-bond donors (Lipinski definition) is 0. The number of carbonyl (C=O) groups is 1. The van der Waals surface area contributed by atoms with Gasteiger partial charge in [-0.15, -0.1) is 0 Å². The van der Waals surface area contributed by atoms with Gasteiger partial charge < -0.3 is 14.2 Å². The average molecular weight is 428 g/mol. The molecule has 0 spiro atoms. The Kier molecular flexibility index (Phi) is 6.94. The van der Waals surface area contributed by atoms with Crippen LogP contribution in [0.4, 0.5) is 0 Å². The Labute approximate surface area is 180 Å². The third-order valence-electron chi connectivity index (χ3n) is 5.90. The van der Waals surface area contributed by atoms with Crippen molar-refractivity contribution in [3.05, 3.63) is 70.8 Å². The second-order valence-electron chi connectivity index (χ2n) is 8.01. The lowest BCUT2D eigenvalue weighted by atomic mass is 10.0.